The first-order valence-electron chi connectivity index (χ1n) is 6.85. The fourth-order valence-corrected chi connectivity index (χ4v) is 2.92. The van der Waals surface area contributed by atoms with Crippen molar-refractivity contribution >= 4 is 5.97 Å². The lowest BCUT2D eigenvalue weighted by Gasteiger charge is -2.18. The van der Waals surface area contributed by atoms with Crippen LogP contribution in [-0.2, 0) is 4.79 Å². The molecule has 3 nitrogen and oxygen atoms in total. The first-order chi connectivity index (χ1) is 9.78. The summed E-state index contributed by atoms with van der Waals surface area (Å²) in [5, 5.41) is 9.33. The van der Waals surface area contributed by atoms with Crippen LogP contribution in [0.3, 0.4) is 0 Å². The highest BCUT2D eigenvalue weighted by Crippen LogP contribution is 2.35. The van der Waals surface area contributed by atoms with Gasteiger partial charge in [-0.05, 0) is 18.1 Å². The van der Waals surface area contributed by atoms with Gasteiger partial charge in [0, 0.05) is 25.6 Å². The van der Waals surface area contributed by atoms with E-state index in [4.69, 9.17) is 0 Å². The third-order valence-corrected chi connectivity index (χ3v) is 4.01. The van der Waals surface area contributed by atoms with Crippen molar-refractivity contribution in [1.82, 2.24) is 4.90 Å². The quantitative estimate of drug-likeness (QED) is 0.929. The molecule has 116 valence electrons. The Morgan fingerprint density at radius 3 is 2.57 bits per heavy atom. The molecule has 21 heavy (non-hydrogen) atoms. The van der Waals surface area contributed by atoms with Crippen molar-refractivity contribution in [3.63, 3.8) is 0 Å². The SMILES string of the molecule is Cc1ccccc1[C@@H]1CN(CCC(F)(F)F)C[C@H]1C(=O)O. The van der Waals surface area contributed by atoms with Gasteiger partial charge in [-0.25, -0.2) is 0 Å². The molecular weight excluding hydrogens is 283 g/mol. The second kappa shape index (κ2) is 6.05. The summed E-state index contributed by atoms with van der Waals surface area (Å²) in [5.41, 5.74) is 1.89. The zero-order chi connectivity index (χ0) is 15.6. The van der Waals surface area contributed by atoms with Crippen molar-refractivity contribution in [2.45, 2.75) is 25.4 Å². The van der Waals surface area contributed by atoms with Crippen LogP contribution < -0.4 is 0 Å². The molecule has 0 radical (unpaired) electrons. The van der Waals surface area contributed by atoms with E-state index in [-0.39, 0.29) is 19.0 Å². The molecule has 2 atom stereocenters. The number of hydrogen-bond donors (Lipinski definition) is 1. The minimum absolute atomic E-state index is 0.143. The Morgan fingerprint density at radius 2 is 2.00 bits per heavy atom. The topological polar surface area (TPSA) is 40.5 Å². The summed E-state index contributed by atoms with van der Waals surface area (Å²) >= 11 is 0. The van der Waals surface area contributed by atoms with Crippen LogP contribution in [0.5, 0.6) is 0 Å². The number of aryl methyl sites for hydroxylation is 1. The number of aliphatic carboxylic acids is 1. The highest BCUT2D eigenvalue weighted by molar-refractivity contribution is 5.72. The van der Waals surface area contributed by atoms with Crippen LogP contribution in [0, 0.1) is 12.8 Å². The van der Waals surface area contributed by atoms with Crippen molar-refractivity contribution in [3.05, 3.63) is 35.4 Å². The molecule has 1 aromatic rings. The van der Waals surface area contributed by atoms with E-state index in [2.05, 4.69) is 0 Å². The Morgan fingerprint density at radius 1 is 1.33 bits per heavy atom. The molecule has 0 spiro atoms. The standard InChI is InChI=1S/C15H18F3NO2/c1-10-4-2-3-5-11(10)12-8-19(7-6-15(16,17)18)9-13(12)14(20)21/h2-5,12-13H,6-9H2,1H3,(H,20,21)/t12-,13+/m0/s1. The van der Waals surface area contributed by atoms with Crippen molar-refractivity contribution in [2.24, 2.45) is 5.92 Å². The molecule has 0 bridgehead atoms. The van der Waals surface area contributed by atoms with Gasteiger partial charge < -0.3 is 10.0 Å². The van der Waals surface area contributed by atoms with Gasteiger partial charge in [-0.15, -0.1) is 0 Å². The number of rotatable bonds is 4. The predicted octanol–water partition coefficient (Wildman–Crippen LogP) is 3.05. The number of carboxylic acid groups (broad SMARTS) is 1. The highest BCUT2D eigenvalue weighted by Gasteiger charge is 2.40. The van der Waals surface area contributed by atoms with Crippen molar-refractivity contribution in [2.75, 3.05) is 19.6 Å². The number of likely N-dealkylation sites (tertiary alicyclic amines) is 1. The van der Waals surface area contributed by atoms with Gasteiger partial charge in [0.1, 0.15) is 0 Å². The van der Waals surface area contributed by atoms with Gasteiger partial charge in [0.05, 0.1) is 12.3 Å². The van der Waals surface area contributed by atoms with Crippen LogP contribution in [0.2, 0.25) is 0 Å². The lowest BCUT2D eigenvalue weighted by atomic mass is 9.86. The maximum absolute atomic E-state index is 12.3. The number of alkyl halides is 3. The van der Waals surface area contributed by atoms with Crippen LogP contribution in [-0.4, -0.2) is 41.8 Å². The lowest BCUT2D eigenvalue weighted by molar-refractivity contribution is -0.141. The summed E-state index contributed by atoms with van der Waals surface area (Å²) in [6.45, 7) is 2.28. The summed E-state index contributed by atoms with van der Waals surface area (Å²) in [5.74, 6) is -1.85. The fraction of sp³-hybridized carbons (Fsp3) is 0.533. The van der Waals surface area contributed by atoms with E-state index in [0.717, 1.165) is 11.1 Å². The summed E-state index contributed by atoms with van der Waals surface area (Å²) in [6.07, 6.45) is -5.11. The molecule has 1 saturated heterocycles. The number of halogens is 3. The molecule has 0 unspecified atom stereocenters. The maximum atomic E-state index is 12.3. The van der Waals surface area contributed by atoms with Crippen LogP contribution >= 0.6 is 0 Å². The molecule has 1 aliphatic heterocycles. The van der Waals surface area contributed by atoms with Gasteiger partial charge in [0.15, 0.2) is 0 Å². The molecule has 0 amide bonds. The minimum atomic E-state index is -4.21. The van der Waals surface area contributed by atoms with Gasteiger partial charge in [-0.2, -0.15) is 13.2 Å². The average Bonchev–Trinajstić information content (AvgIpc) is 2.80. The Kier molecular flexibility index (Phi) is 4.56. The number of carbonyl (C=O) groups is 1. The van der Waals surface area contributed by atoms with Crippen LogP contribution in [0.25, 0.3) is 0 Å². The molecule has 0 aromatic heterocycles. The number of benzene rings is 1. The van der Waals surface area contributed by atoms with Crippen LogP contribution in [0.1, 0.15) is 23.5 Å². The smallest absolute Gasteiger partial charge is 0.390 e. The predicted molar refractivity (Wildman–Crippen MR) is 72.2 cm³/mol. The van der Waals surface area contributed by atoms with Gasteiger partial charge in [-0.3, -0.25) is 4.79 Å². The molecular formula is C15H18F3NO2. The van der Waals surface area contributed by atoms with Crippen LogP contribution in [0.4, 0.5) is 13.2 Å². The number of nitrogens with zero attached hydrogens (tertiary/aromatic N) is 1. The van der Waals surface area contributed by atoms with Crippen LogP contribution in [0.15, 0.2) is 24.3 Å². The summed E-state index contributed by atoms with van der Waals surface area (Å²) in [7, 11) is 0. The highest BCUT2D eigenvalue weighted by atomic mass is 19.4. The zero-order valence-electron chi connectivity index (χ0n) is 11.7. The number of hydrogen-bond acceptors (Lipinski definition) is 2. The molecule has 1 aromatic carbocycles. The summed E-state index contributed by atoms with van der Waals surface area (Å²) in [4.78, 5) is 13.0. The first-order valence-corrected chi connectivity index (χ1v) is 6.85. The van der Waals surface area contributed by atoms with E-state index in [9.17, 15) is 23.1 Å². The molecule has 0 aliphatic carbocycles. The van der Waals surface area contributed by atoms with E-state index in [1.807, 2.05) is 31.2 Å². The molecule has 2 rings (SSSR count). The third-order valence-electron chi connectivity index (χ3n) is 4.01. The molecule has 1 fully saturated rings. The monoisotopic (exact) mass is 301 g/mol. The Balaban J connectivity index is 2.13. The summed E-state index contributed by atoms with van der Waals surface area (Å²) < 4.78 is 36.9. The van der Waals surface area contributed by atoms with Crippen molar-refractivity contribution in [3.8, 4) is 0 Å². The second-order valence-electron chi connectivity index (χ2n) is 5.53. The molecule has 1 heterocycles. The van der Waals surface area contributed by atoms with Crippen molar-refractivity contribution < 1.29 is 23.1 Å². The molecule has 1 aliphatic rings. The third kappa shape index (κ3) is 3.97. The van der Waals surface area contributed by atoms with Crippen molar-refractivity contribution in [1.29, 1.82) is 0 Å². The summed E-state index contributed by atoms with van der Waals surface area (Å²) in [6, 6.07) is 7.46. The Bertz CT molecular complexity index is 516. The van der Waals surface area contributed by atoms with E-state index in [1.54, 1.807) is 4.90 Å². The number of carboxylic acids is 1. The van der Waals surface area contributed by atoms with Gasteiger partial charge in [0.25, 0.3) is 0 Å². The second-order valence-corrected chi connectivity index (χ2v) is 5.53. The average molecular weight is 301 g/mol. The molecule has 6 heteroatoms. The van der Waals surface area contributed by atoms with E-state index < -0.39 is 24.5 Å². The maximum Gasteiger partial charge on any atom is 0.390 e. The minimum Gasteiger partial charge on any atom is -0.481 e. The van der Waals surface area contributed by atoms with Gasteiger partial charge >= 0.3 is 12.1 Å². The normalized spacial score (nSPS) is 23.4. The largest absolute Gasteiger partial charge is 0.481 e. The van der Waals surface area contributed by atoms with Gasteiger partial charge in [-0.1, -0.05) is 24.3 Å². The lowest BCUT2D eigenvalue weighted by Crippen LogP contribution is -2.27. The van der Waals surface area contributed by atoms with E-state index in [0.29, 0.717) is 6.54 Å². The Labute approximate surface area is 121 Å². The zero-order valence-corrected chi connectivity index (χ0v) is 11.7. The van der Waals surface area contributed by atoms with E-state index in [1.165, 1.54) is 0 Å². The fourth-order valence-electron chi connectivity index (χ4n) is 2.92. The first kappa shape index (κ1) is 15.8. The Hall–Kier alpha value is -1.56. The van der Waals surface area contributed by atoms with E-state index >= 15 is 0 Å². The molecule has 1 N–H and O–H groups in total. The van der Waals surface area contributed by atoms with Gasteiger partial charge in [0.2, 0.25) is 0 Å². The molecule has 0 saturated carbocycles.